The fourth-order valence-electron chi connectivity index (χ4n) is 3.55. The lowest BCUT2D eigenvalue weighted by molar-refractivity contribution is 0.102. The normalized spacial score (nSPS) is 11.0. The van der Waals surface area contributed by atoms with E-state index < -0.39 is 0 Å². The summed E-state index contributed by atoms with van der Waals surface area (Å²) in [4.78, 5) is 18.6. The molecule has 4 aromatic heterocycles. The van der Waals surface area contributed by atoms with Crippen molar-refractivity contribution in [3.8, 4) is 22.8 Å². The fraction of sp³-hybridized carbons (Fsp3) is 0.286. The summed E-state index contributed by atoms with van der Waals surface area (Å²) in [5.41, 5.74) is 6.75. The second-order valence-electron chi connectivity index (χ2n) is 8.18. The minimum Gasteiger partial charge on any atom is -0.396 e. The molecule has 4 rings (SSSR count). The second kappa shape index (κ2) is 12.8. The predicted octanol–water partition coefficient (Wildman–Crippen LogP) is 4.91. The molecule has 7 heteroatoms. The molecule has 0 radical (unpaired) electrons. The predicted molar refractivity (Wildman–Crippen MR) is 134 cm³/mol. The summed E-state index contributed by atoms with van der Waals surface area (Å²) in [6, 6.07) is 23.5. The lowest BCUT2D eigenvalue weighted by Crippen LogP contribution is -2.02. The molecule has 4 heterocycles. The number of pyridine rings is 4. The summed E-state index contributed by atoms with van der Waals surface area (Å²) in [7, 11) is 0. The highest BCUT2D eigenvalue weighted by molar-refractivity contribution is 5.55. The van der Waals surface area contributed by atoms with Crippen LogP contribution >= 0.6 is 0 Å². The smallest absolute Gasteiger partial charge is 0.0893 e. The third kappa shape index (κ3) is 7.48. The monoisotopic (exact) mass is 470 g/mol. The lowest BCUT2D eigenvalue weighted by atomic mass is 10.2. The van der Waals surface area contributed by atoms with E-state index in [-0.39, 0.29) is 6.61 Å². The highest BCUT2D eigenvalue weighted by Gasteiger charge is 2.07. The Bertz CT molecular complexity index is 1230. The van der Waals surface area contributed by atoms with Crippen LogP contribution in [0, 0.1) is 6.92 Å². The van der Waals surface area contributed by atoms with E-state index in [1.807, 2.05) is 79.7 Å². The molecule has 0 aliphatic carbocycles. The van der Waals surface area contributed by atoms with Gasteiger partial charge in [0.05, 0.1) is 59.7 Å². The van der Waals surface area contributed by atoms with Crippen molar-refractivity contribution in [1.29, 1.82) is 0 Å². The van der Waals surface area contributed by atoms with Crippen LogP contribution in [0.2, 0.25) is 0 Å². The minimum atomic E-state index is 0.191. The number of hydrogen-bond acceptors (Lipinski definition) is 7. The van der Waals surface area contributed by atoms with Gasteiger partial charge in [0.25, 0.3) is 0 Å². The molecular weight excluding hydrogens is 440 g/mol. The molecular formula is C28H30N4O3. The minimum absolute atomic E-state index is 0.191. The fourth-order valence-corrected chi connectivity index (χ4v) is 3.55. The number of aliphatic hydroxyl groups excluding tert-OH is 1. The average Bonchev–Trinajstić information content (AvgIpc) is 2.89. The molecule has 0 fully saturated rings. The zero-order chi connectivity index (χ0) is 24.3. The van der Waals surface area contributed by atoms with Crippen molar-refractivity contribution in [2.75, 3.05) is 13.2 Å². The number of hydrogen-bond donors (Lipinski definition) is 1. The summed E-state index contributed by atoms with van der Waals surface area (Å²) in [5.74, 6) is 0. The third-order valence-corrected chi connectivity index (χ3v) is 5.28. The van der Waals surface area contributed by atoms with Crippen LogP contribution < -0.4 is 0 Å². The number of aryl methyl sites for hydroxylation is 1. The highest BCUT2D eigenvalue weighted by Crippen LogP contribution is 2.18. The van der Waals surface area contributed by atoms with Gasteiger partial charge in [-0.25, -0.2) is 15.0 Å². The molecule has 180 valence electrons. The van der Waals surface area contributed by atoms with Gasteiger partial charge in [-0.3, -0.25) is 4.98 Å². The van der Waals surface area contributed by atoms with Crippen LogP contribution in [0.3, 0.4) is 0 Å². The summed E-state index contributed by atoms with van der Waals surface area (Å²) in [6.07, 6.45) is 1.58. The van der Waals surface area contributed by atoms with Gasteiger partial charge in [-0.05, 0) is 68.3 Å². The lowest BCUT2D eigenvalue weighted by Gasteiger charge is -2.08. The molecule has 0 bridgehead atoms. The SMILES string of the molecule is Cc1cccc(-c2cccc(COCc3cccc(-c4cccc(COCCCCO)n4)n3)n2)n1. The number of rotatable bonds is 12. The Morgan fingerprint density at radius 3 is 1.51 bits per heavy atom. The van der Waals surface area contributed by atoms with Gasteiger partial charge in [-0.15, -0.1) is 0 Å². The molecule has 0 aromatic carbocycles. The van der Waals surface area contributed by atoms with E-state index in [1.165, 1.54) is 0 Å². The first-order valence-corrected chi connectivity index (χ1v) is 11.8. The summed E-state index contributed by atoms with van der Waals surface area (Å²) in [5, 5.41) is 8.85. The van der Waals surface area contributed by atoms with Gasteiger partial charge >= 0.3 is 0 Å². The summed E-state index contributed by atoms with van der Waals surface area (Å²) in [6.45, 7) is 3.96. The van der Waals surface area contributed by atoms with Crippen LogP contribution in [0.5, 0.6) is 0 Å². The Morgan fingerprint density at radius 2 is 1.03 bits per heavy atom. The van der Waals surface area contributed by atoms with Crippen molar-refractivity contribution in [2.45, 2.75) is 39.6 Å². The van der Waals surface area contributed by atoms with Crippen LogP contribution in [0.1, 0.15) is 35.6 Å². The van der Waals surface area contributed by atoms with Gasteiger partial charge in [0, 0.05) is 18.9 Å². The zero-order valence-electron chi connectivity index (χ0n) is 19.9. The molecule has 1 N–H and O–H groups in total. The van der Waals surface area contributed by atoms with E-state index in [9.17, 15) is 0 Å². The van der Waals surface area contributed by atoms with E-state index in [1.54, 1.807) is 0 Å². The first kappa shape index (κ1) is 24.6. The molecule has 0 amide bonds. The maximum atomic E-state index is 8.85. The van der Waals surface area contributed by atoms with Crippen LogP contribution in [0.15, 0.2) is 72.8 Å². The Balaban J connectivity index is 1.34. The van der Waals surface area contributed by atoms with E-state index in [4.69, 9.17) is 19.6 Å². The third-order valence-electron chi connectivity index (χ3n) is 5.28. The van der Waals surface area contributed by atoms with Gasteiger partial charge in [-0.2, -0.15) is 0 Å². The number of ether oxygens (including phenoxy) is 2. The van der Waals surface area contributed by atoms with Crippen LogP contribution in [-0.4, -0.2) is 38.3 Å². The molecule has 7 nitrogen and oxygen atoms in total. The van der Waals surface area contributed by atoms with Crippen molar-refractivity contribution in [3.05, 3.63) is 95.6 Å². The molecule has 0 saturated carbocycles. The van der Waals surface area contributed by atoms with Gasteiger partial charge in [-0.1, -0.05) is 24.3 Å². The van der Waals surface area contributed by atoms with E-state index >= 15 is 0 Å². The maximum Gasteiger partial charge on any atom is 0.0893 e. The highest BCUT2D eigenvalue weighted by atomic mass is 16.5. The molecule has 35 heavy (non-hydrogen) atoms. The standard InChI is InChI=1S/C28H30N4O3/c1-21-8-4-12-25(29-21)26-13-6-10-23(31-26)19-35-20-24-11-7-15-28(32-24)27-14-5-9-22(30-27)18-34-17-3-2-16-33/h4-15,33H,2-3,16-20H2,1H3. The molecule has 4 aromatic rings. The first-order valence-electron chi connectivity index (χ1n) is 11.8. The van der Waals surface area contributed by atoms with Crippen LogP contribution in [0.25, 0.3) is 22.8 Å². The van der Waals surface area contributed by atoms with Gasteiger partial charge in [0.2, 0.25) is 0 Å². The topological polar surface area (TPSA) is 90.2 Å². The quantitative estimate of drug-likeness (QED) is 0.294. The number of unbranched alkanes of at least 4 members (excludes halogenated alkanes) is 1. The first-order chi connectivity index (χ1) is 17.2. The number of nitrogens with zero attached hydrogens (tertiary/aromatic N) is 4. The molecule has 0 saturated heterocycles. The zero-order valence-corrected chi connectivity index (χ0v) is 19.9. The van der Waals surface area contributed by atoms with E-state index in [0.717, 1.165) is 58.4 Å². The van der Waals surface area contributed by atoms with Gasteiger partial charge < -0.3 is 14.6 Å². The molecule has 0 spiro atoms. The molecule has 0 aliphatic heterocycles. The van der Waals surface area contributed by atoms with Crippen molar-refractivity contribution in [3.63, 3.8) is 0 Å². The van der Waals surface area contributed by atoms with Crippen LogP contribution in [-0.2, 0) is 29.3 Å². The molecule has 0 atom stereocenters. The van der Waals surface area contributed by atoms with Crippen molar-refractivity contribution in [1.82, 2.24) is 19.9 Å². The summed E-state index contributed by atoms with van der Waals surface area (Å²) >= 11 is 0. The van der Waals surface area contributed by atoms with Crippen molar-refractivity contribution >= 4 is 0 Å². The van der Waals surface area contributed by atoms with Crippen molar-refractivity contribution in [2.24, 2.45) is 0 Å². The Hall–Kier alpha value is -3.52. The van der Waals surface area contributed by atoms with Crippen LogP contribution in [0.4, 0.5) is 0 Å². The van der Waals surface area contributed by atoms with Gasteiger partial charge in [0.1, 0.15) is 0 Å². The summed E-state index contributed by atoms with van der Waals surface area (Å²) < 4.78 is 11.6. The Labute approximate surface area is 205 Å². The Morgan fingerprint density at radius 1 is 0.571 bits per heavy atom. The molecule has 0 aliphatic rings. The van der Waals surface area contributed by atoms with E-state index in [0.29, 0.717) is 26.4 Å². The number of aromatic nitrogens is 4. The Kier molecular flexibility index (Phi) is 9.00. The van der Waals surface area contributed by atoms with Gasteiger partial charge in [0.15, 0.2) is 0 Å². The van der Waals surface area contributed by atoms with E-state index in [2.05, 4.69) is 15.0 Å². The van der Waals surface area contributed by atoms with Crippen molar-refractivity contribution < 1.29 is 14.6 Å². The average molecular weight is 471 g/mol. The number of aliphatic hydroxyl groups is 1. The maximum absolute atomic E-state index is 8.85. The largest absolute Gasteiger partial charge is 0.396 e. The second-order valence-corrected chi connectivity index (χ2v) is 8.18. The molecule has 0 unspecified atom stereocenters.